The molecule has 0 amide bonds. The summed E-state index contributed by atoms with van der Waals surface area (Å²) in [5.74, 6) is 0.301. The average Bonchev–Trinajstić information content (AvgIpc) is 3.16. The Bertz CT molecular complexity index is 1130. The number of ketones is 1. The maximum Gasteiger partial charge on any atom is 0.343 e. The van der Waals surface area contributed by atoms with Gasteiger partial charge in [0.25, 0.3) is 0 Å². The molecule has 29 heavy (non-hydrogen) atoms. The van der Waals surface area contributed by atoms with E-state index in [-0.39, 0.29) is 5.78 Å². The van der Waals surface area contributed by atoms with Crippen LogP contribution in [-0.4, -0.2) is 22.5 Å². The molecule has 0 aliphatic rings. The van der Waals surface area contributed by atoms with Gasteiger partial charge < -0.3 is 4.74 Å². The minimum atomic E-state index is -0.421. The molecule has 0 aliphatic carbocycles. The molecule has 0 radical (unpaired) electrons. The standard InChI is InChI=1S/C23H17NO3S2/c1-15-6-8-17(9-7-15)22(26)27-18-12-10-16(11-13-18)20(25)14-28-23-24-19-4-2-3-5-21(19)29-23/h2-13H,14H2,1H3. The maximum absolute atomic E-state index is 12.5. The third kappa shape index (κ3) is 4.72. The van der Waals surface area contributed by atoms with Crippen LogP contribution in [0.25, 0.3) is 10.2 Å². The minimum absolute atomic E-state index is 0.00525. The number of thiazole rings is 1. The number of ether oxygens (including phenoxy) is 1. The van der Waals surface area contributed by atoms with Gasteiger partial charge in [0.15, 0.2) is 10.1 Å². The number of Topliss-reactive ketones (excluding diaryl/α,β-unsaturated/α-hetero) is 1. The molecule has 6 heteroatoms. The number of esters is 1. The van der Waals surface area contributed by atoms with Crippen molar-refractivity contribution in [2.45, 2.75) is 11.3 Å². The van der Waals surface area contributed by atoms with E-state index in [0.29, 0.717) is 22.6 Å². The topological polar surface area (TPSA) is 56.3 Å². The Labute approximate surface area is 176 Å². The van der Waals surface area contributed by atoms with Gasteiger partial charge in [0.05, 0.1) is 21.5 Å². The molecule has 0 unspecified atom stereocenters. The second-order valence-corrected chi connectivity index (χ2v) is 8.69. The van der Waals surface area contributed by atoms with E-state index < -0.39 is 5.97 Å². The van der Waals surface area contributed by atoms with Crippen LogP contribution in [0.4, 0.5) is 0 Å². The molecule has 0 bridgehead atoms. The molecule has 0 saturated carbocycles. The van der Waals surface area contributed by atoms with Gasteiger partial charge in [-0.1, -0.05) is 41.6 Å². The molecule has 0 atom stereocenters. The lowest BCUT2D eigenvalue weighted by Crippen LogP contribution is -2.08. The van der Waals surface area contributed by atoms with Gasteiger partial charge in [-0.05, 0) is 55.5 Å². The van der Waals surface area contributed by atoms with E-state index in [4.69, 9.17) is 4.74 Å². The highest BCUT2D eigenvalue weighted by Crippen LogP contribution is 2.29. The number of hydrogen-bond acceptors (Lipinski definition) is 6. The number of fused-ring (bicyclic) bond motifs is 1. The number of aromatic nitrogens is 1. The molecule has 4 nitrogen and oxygen atoms in total. The van der Waals surface area contributed by atoms with E-state index >= 15 is 0 Å². The fourth-order valence-electron chi connectivity index (χ4n) is 2.69. The minimum Gasteiger partial charge on any atom is -0.423 e. The zero-order valence-electron chi connectivity index (χ0n) is 15.6. The van der Waals surface area contributed by atoms with Crippen LogP contribution in [0.1, 0.15) is 26.3 Å². The second-order valence-electron chi connectivity index (χ2n) is 6.44. The van der Waals surface area contributed by atoms with Crippen molar-refractivity contribution in [1.82, 2.24) is 4.98 Å². The molecule has 4 aromatic rings. The number of nitrogens with zero attached hydrogens (tertiary/aromatic N) is 1. The van der Waals surface area contributed by atoms with Crippen molar-refractivity contribution in [2.24, 2.45) is 0 Å². The monoisotopic (exact) mass is 419 g/mol. The van der Waals surface area contributed by atoms with Crippen LogP contribution in [0.5, 0.6) is 5.75 Å². The molecule has 0 N–H and O–H groups in total. The van der Waals surface area contributed by atoms with Crippen LogP contribution < -0.4 is 4.74 Å². The fourth-order valence-corrected chi connectivity index (χ4v) is 4.65. The predicted octanol–water partition coefficient (Wildman–Crippen LogP) is 5.80. The molecule has 0 aliphatic heterocycles. The molecule has 144 valence electrons. The van der Waals surface area contributed by atoms with Crippen molar-refractivity contribution >= 4 is 45.1 Å². The smallest absolute Gasteiger partial charge is 0.343 e. The Morgan fingerprint density at radius 2 is 1.62 bits per heavy atom. The largest absolute Gasteiger partial charge is 0.423 e. The number of carbonyl (C=O) groups is 2. The molecule has 4 rings (SSSR count). The van der Waals surface area contributed by atoms with Gasteiger partial charge in [-0.25, -0.2) is 9.78 Å². The second kappa shape index (κ2) is 8.59. The molecular formula is C23H17NO3S2. The number of carbonyl (C=O) groups excluding carboxylic acids is 2. The van der Waals surface area contributed by atoms with Crippen molar-refractivity contribution in [3.63, 3.8) is 0 Å². The highest BCUT2D eigenvalue weighted by Gasteiger charge is 2.12. The van der Waals surface area contributed by atoms with Crippen molar-refractivity contribution in [1.29, 1.82) is 0 Å². The summed E-state index contributed by atoms with van der Waals surface area (Å²) in [6, 6.07) is 21.7. The Hall–Kier alpha value is -2.96. The quantitative estimate of drug-likeness (QED) is 0.171. The van der Waals surface area contributed by atoms with Crippen LogP contribution in [0.3, 0.4) is 0 Å². The number of hydrogen-bond donors (Lipinski definition) is 0. The van der Waals surface area contributed by atoms with Crippen molar-refractivity contribution in [3.05, 3.63) is 89.5 Å². The van der Waals surface area contributed by atoms with Crippen LogP contribution in [0.2, 0.25) is 0 Å². The molecule has 3 aromatic carbocycles. The van der Waals surface area contributed by atoms with Gasteiger partial charge in [-0.3, -0.25) is 4.79 Å². The lowest BCUT2D eigenvalue weighted by atomic mass is 10.1. The van der Waals surface area contributed by atoms with E-state index in [1.807, 2.05) is 43.3 Å². The van der Waals surface area contributed by atoms with Crippen LogP contribution >= 0.6 is 23.1 Å². The molecule has 1 aromatic heterocycles. The van der Waals surface area contributed by atoms with E-state index in [9.17, 15) is 9.59 Å². The van der Waals surface area contributed by atoms with E-state index in [0.717, 1.165) is 20.1 Å². The lowest BCUT2D eigenvalue weighted by Gasteiger charge is -2.06. The Kier molecular flexibility index (Phi) is 5.74. The Balaban J connectivity index is 1.36. The maximum atomic E-state index is 12.5. The summed E-state index contributed by atoms with van der Waals surface area (Å²) in [6.45, 7) is 1.96. The highest BCUT2D eigenvalue weighted by molar-refractivity contribution is 8.01. The number of aryl methyl sites for hydroxylation is 1. The zero-order valence-corrected chi connectivity index (χ0v) is 17.3. The van der Waals surface area contributed by atoms with Crippen molar-refractivity contribution < 1.29 is 14.3 Å². The zero-order chi connectivity index (χ0) is 20.2. The molecule has 1 heterocycles. The van der Waals surface area contributed by atoms with Crippen molar-refractivity contribution in [3.8, 4) is 5.75 Å². The number of thioether (sulfide) groups is 1. The van der Waals surface area contributed by atoms with Crippen LogP contribution in [0, 0.1) is 6.92 Å². The molecule has 0 spiro atoms. The van der Waals surface area contributed by atoms with Gasteiger partial charge in [-0.2, -0.15) is 0 Å². The van der Waals surface area contributed by atoms with Gasteiger partial charge >= 0.3 is 5.97 Å². The van der Waals surface area contributed by atoms with E-state index in [2.05, 4.69) is 4.98 Å². The first-order chi connectivity index (χ1) is 14.1. The number of rotatable bonds is 6. The average molecular weight is 420 g/mol. The first-order valence-corrected chi connectivity index (χ1v) is 10.8. The normalized spacial score (nSPS) is 10.8. The third-order valence-electron chi connectivity index (χ3n) is 4.28. The summed E-state index contributed by atoms with van der Waals surface area (Å²) in [6.07, 6.45) is 0. The predicted molar refractivity (Wildman–Crippen MR) is 117 cm³/mol. The first kappa shape index (κ1) is 19.4. The number of benzene rings is 3. The van der Waals surface area contributed by atoms with Gasteiger partial charge in [0, 0.05) is 5.56 Å². The summed E-state index contributed by atoms with van der Waals surface area (Å²) in [5, 5.41) is 0. The SMILES string of the molecule is Cc1ccc(C(=O)Oc2ccc(C(=O)CSc3nc4ccccc4s3)cc2)cc1. The summed E-state index contributed by atoms with van der Waals surface area (Å²) >= 11 is 3.02. The third-order valence-corrected chi connectivity index (χ3v) is 6.45. The van der Waals surface area contributed by atoms with E-state index in [1.54, 1.807) is 47.7 Å². The van der Waals surface area contributed by atoms with E-state index in [1.165, 1.54) is 11.8 Å². The molecular weight excluding hydrogens is 402 g/mol. The fraction of sp³-hybridized carbons (Fsp3) is 0.0870. The summed E-state index contributed by atoms with van der Waals surface area (Å²) in [4.78, 5) is 29.2. The van der Waals surface area contributed by atoms with Gasteiger partial charge in [0.2, 0.25) is 0 Å². The van der Waals surface area contributed by atoms with Gasteiger partial charge in [0.1, 0.15) is 5.75 Å². The Morgan fingerprint density at radius 3 is 2.34 bits per heavy atom. The Morgan fingerprint density at radius 1 is 0.931 bits per heavy atom. The summed E-state index contributed by atoms with van der Waals surface area (Å²) in [7, 11) is 0. The summed E-state index contributed by atoms with van der Waals surface area (Å²) < 4.78 is 7.37. The number of para-hydroxylation sites is 1. The summed E-state index contributed by atoms with van der Waals surface area (Å²) in [5.41, 5.74) is 3.09. The molecule has 0 fully saturated rings. The van der Waals surface area contributed by atoms with Crippen molar-refractivity contribution in [2.75, 3.05) is 5.75 Å². The van der Waals surface area contributed by atoms with Gasteiger partial charge in [-0.15, -0.1) is 11.3 Å². The van der Waals surface area contributed by atoms with Crippen LogP contribution in [0.15, 0.2) is 77.1 Å². The van der Waals surface area contributed by atoms with Crippen LogP contribution in [-0.2, 0) is 0 Å². The first-order valence-electron chi connectivity index (χ1n) is 8.99. The lowest BCUT2D eigenvalue weighted by molar-refractivity contribution is 0.0734. The molecule has 0 saturated heterocycles. The highest BCUT2D eigenvalue weighted by atomic mass is 32.2.